The molecule has 0 aliphatic rings. The van der Waals surface area contributed by atoms with Gasteiger partial charge < -0.3 is 14.2 Å². The first-order chi connectivity index (χ1) is 12.4. The molecular weight excluding hydrogens is 332 g/mol. The van der Waals surface area contributed by atoms with Gasteiger partial charge in [-0.3, -0.25) is 9.59 Å². The molecule has 26 heavy (non-hydrogen) atoms. The number of hydrogen-bond acceptors (Lipinski definition) is 5. The number of carbonyl (C=O) groups is 2. The van der Waals surface area contributed by atoms with E-state index in [1.807, 2.05) is 19.1 Å². The van der Waals surface area contributed by atoms with Crippen LogP contribution in [0.3, 0.4) is 0 Å². The second-order valence-electron chi connectivity index (χ2n) is 6.80. The zero-order chi connectivity index (χ0) is 19.4. The van der Waals surface area contributed by atoms with E-state index in [0.717, 1.165) is 12.2 Å². The second-order valence-corrected chi connectivity index (χ2v) is 6.80. The molecule has 1 aromatic carbocycles. The maximum absolute atomic E-state index is 11.2. The van der Waals surface area contributed by atoms with Crippen LogP contribution in [0.15, 0.2) is 24.3 Å². The Bertz CT molecular complexity index is 532. The van der Waals surface area contributed by atoms with Gasteiger partial charge in [0.05, 0.1) is 5.41 Å². The van der Waals surface area contributed by atoms with E-state index in [1.54, 1.807) is 0 Å². The van der Waals surface area contributed by atoms with E-state index in [0.29, 0.717) is 13.0 Å². The summed E-state index contributed by atoms with van der Waals surface area (Å²) in [6.45, 7) is 7.51. The third-order valence-electron chi connectivity index (χ3n) is 4.45. The summed E-state index contributed by atoms with van der Waals surface area (Å²) in [5.41, 5.74) is 0.740. The monoisotopic (exact) mass is 364 g/mol. The van der Waals surface area contributed by atoms with Gasteiger partial charge in [0, 0.05) is 13.8 Å². The highest BCUT2D eigenvalue weighted by molar-refractivity contribution is 5.66. The lowest BCUT2D eigenvalue weighted by Crippen LogP contribution is -2.39. The van der Waals surface area contributed by atoms with Crippen LogP contribution in [0.2, 0.25) is 0 Å². The van der Waals surface area contributed by atoms with Crippen molar-refractivity contribution in [1.82, 2.24) is 0 Å². The molecule has 5 heteroatoms. The van der Waals surface area contributed by atoms with Crippen LogP contribution in [-0.2, 0) is 25.5 Å². The Morgan fingerprint density at radius 2 is 1.46 bits per heavy atom. The van der Waals surface area contributed by atoms with Crippen LogP contribution in [0.4, 0.5) is 0 Å². The Morgan fingerprint density at radius 1 is 0.885 bits per heavy atom. The van der Waals surface area contributed by atoms with Gasteiger partial charge in [-0.05, 0) is 37.0 Å². The van der Waals surface area contributed by atoms with Crippen molar-refractivity contribution in [2.24, 2.45) is 5.41 Å². The Hall–Kier alpha value is -2.04. The smallest absolute Gasteiger partial charge is 0.302 e. The maximum Gasteiger partial charge on any atom is 0.302 e. The summed E-state index contributed by atoms with van der Waals surface area (Å²) in [5.74, 6) is 0.0388. The van der Waals surface area contributed by atoms with Gasteiger partial charge in [-0.2, -0.15) is 0 Å². The topological polar surface area (TPSA) is 61.8 Å². The van der Waals surface area contributed by atoms with E-state index < -0.39 is 5.41 Å². The van der Waals surface area contributed by atoms with E-state index in [-0.39, 0.29) is 25.2 Å². The molecule has 0 fully saturated rings. The van der Waals surface area contributed by atoms with Crippen molar-refractivity contribution in [3.8, 4) is 5.75 Å². The average molecular weight is 364 g/mol. The first-order valence-electron chi connectivity index (χ1n) is 9.39. The van der Waals surface area contributed by atoms with Gasteiger partial charge in [-0.15, -0.1) is 0 Å². The fourth-order valence-electron chi connectivity index (χ4n) is 2.51. The van der Waals surface area contributed by atoms with Crippen molar-refractivity contribution in [1.29, 1.82) is 0 Å². The lowest BCUT2D eigenvalue weighted by molar-refractivity contribution is -0.153. The first-order valence-corrected chi connectivity index (χ1v) is 9.39. The van der Waals surface area contributed by atoms with Gasteiger partial charge in [-0.25, -0.2) is 0 Å². The molecule has 0 saturated carbocycles. The van der Waals surface area contributed by atoms with Crippen LogP contribution < -0.4 is 4.74 Å². The van der Waals surface area contributed by atoms with Crippen LogP contribution in [0.5, 0.6) is 5.75 Å². The minimum Gasteiger partial charge on any atom is -0.493 e. The molecule has 0 aromatic heterocycles. The van der Waals surface area contributed by atoms with E-state index >= 15 is 0 Å². The number of aryl methyl sites for hydroxylation is 1. The van der Waals surface area contributed by atoms with Crippen molar-refractivity contribution in [2.45, 2.75) is 59.8 Å². The number of benzene rings is 1. The molecule has 0 saturated heterocycles. The lowest BCUT2D eigenvalue weighted by atomic mass is 9.88. The Balaban J connectivity index is 2.68. The van der Waals surface area contributed by atoms with Crippen LogP contribution in [-0.4, -0.2) is 31.8 Å². The molecule has 0 aliphatic heterocycles. The summed E-state index contributed by atoms with van der Waals surface area (Å²) in [6.07, 6.45) is 5.38. The lowest BCUT2D eigenvalue weighted by Gasteiger charge is -2.31. The number of ether oxygens (including phenoxy) is 3. The molecule has 0 N–H and O–H groups in total. The number of carbonyl (C=O) groups excluding carboxylic acids is 2. The van der Waals surface area contributed by atoms with E-state index in [2.05, 4.69) is 19.1 Å². The van der Waals surface area contributed by atoms with Crippen LogP contribution in [0.25, 0.3) is 0 Å². The molecule has 1 aromatic rings. The highest BCUT2D eigenvalue weighted by Crippen LogP contribution is 2.26. The Kier molecular flexibility index (Phi) is 9.78. The van der Waals surface area contributed by atoms with Crippen molar-refractivity contribution >= 4 is 11.9 Å². The molecule has 5 nitrogen and oxygen atoms in total. The molecule has 0 unspecified atom stereocenters. The molecule has 0 spiro atoms. The fraction of sp³-hybridized carbons (Fsp3) is 0.619. The largest absolute Gasteiger partial charge is 0.493 e. The zero-order valence-corrected chi connectivity index (χ0v) is 16.5. The van der Waals surface area contributed by atoms with E-state index in [1.165, 1.54) is 38.7 Å². The molecule has 0 bridgehead atoms. The summed E-state index contributed by atoms with van der Waals surface area (Å²) >= 11 is 0. The molecule has 146 valence electrons. The van der Waals surface area contributed by atoms with Crippen molar-refractivity contribution in [3.63, 3.8) is 0 Å². The Morgan fingerprint density at radius 3 is 1.92 bits per heavy atom. The zero-order valence-electron chi connectivity index (χ0n) is 16.5. The predicted octanol–water partition coefficient (Wildman–Crippen LogP) is 4.32. The SMILES string of the molecule is CCCCCc1ccc(OCC(CC)(COC(C)=O)COC(C)=O)cc1. The second kappa shape index (κ2) is 11.6. The van der Waals surface area contributed by atoms with Gasteiger partial charge in [0.15, 0.2) is 0 Å². The first kappa shape index (κ1) is 22.0. The van der Waals surface area contributed by atoms with E-state index in [9.17, 15) is 9.59 Å². The minimum atomic E-state index is -0.558. The third-order valence-corrected chi connectivity index (χ3v) is 4.45. The van der Waals surface area contributed by atoms with Crippen LogP contribution in [0, 0.1) is 5.41 Å². The predicted molar refractivity (Wildman–Crippen MR) is 101 cm³/mol. The summed E-state index contributed by atoms with van der Waals surface area (Å²) in [6, 6.07) is 8.08. The third kappa shape index (κ3) is 8.37. The summed E-state index contributed by atoms with van der Waals surface area (Å²) < 4.78 is 16.3. The van der Waals surface area contributed by atoms with Crippen molar-refractivity contribution in [3.05, 3.63) is 29.8 Å². The molecule has 0 atom stereocenters. The molecule has 0 amide bonds. The number of rotatable bonds is 12. The van der Waals surface area contributed by atoms with Gasteiger partial charge in [0.2, 0.25) is 0 Å². The highest BCUT2D eigenvalue weighted by atomic mass is 16.6. The standard InChI is InChI=1S/C21H32O5/c1-5-7-8-9-19-10-12-20(13-11-19)26-16-21(6-2,14-24-17(3)22)15-25-18(4)23/h10-13H,5-9,14-16H2,1-4H3. The maximum atomic E-state index is 11.2. The number of unbranched alkanes of at least 4 members (excludes halogenated alkanes) is 2. The Labute approximate surface area is 157 Å². The molecule has 0 heterocycles. The normalized spacial score (nSPS) is 11.1. The quantitative estimate of drug-likeness (QED) is 0.408. The summed E-state index contributed by atoms with van der Waals surface area (Å²) in [7, 11) is 0. The van der Waals surface area contributed by atoms with Crippen molar-refractivity contribution < 1.29 is 23.8 Å². The van der Waals surface area contributed by atoms with Gasteiger partial charge in [0.1, 0.15) is 25.6 Å². The molecule has 1 rings (SSSR count). The van der Waals surface area contributed by atoms with Crippen LogP contribution in [0.1, 0.15) is 58.9 Å². The molecule has 0 radical (unpaired) electrons. The number of hydrogen-bond donors (Lipinski definition) is 0. The summed E-state index contributed by atoms with van der Waals surface area (Å²) in [4.78, 5) is 22.4. The van der Waals surface area contributed by atoms with Gasteiger partial charge in [0.25, 0.3) is 0 Å². The average Bonchev–Trinajstić information content (AvgIpc) is 2.62. The van der Waals surface area contributed by atoms with E-state index in [4.69, 9.17) is 14.2 Å². The van der Waals surface area contributed by atoms with Crippen molar-refractivity contribution in [2.75, 3.05) is 19.8 Å². The molecule has 0 aliphatic carbocycles. The van der Waals surface area contributed by atoms with Crippen LogP contribution >= 0.6 is 0 Å². The summed E-state index contributed by atoms with van der Waals surface area (Å²) in [5, 5.41) is 0. The van der Waals surface area contributed by atoms with Gasteiger partial charge in [-0.1, -0.05) is 38.8 Å². The number of esters is 2. The molecular formula is C21H32O5. The highest BCUT2D eigenvalue weighted by Gasteiger charge is 2.33. The van der Waals surface area contributed by atoms with Gasteiger partial charge >= 0.3 is 11.9 Å². The minimum absolute atomic E-state index is 0.154. The fourth-order valence-corrected chi connectivity index (χ4v) is 2.51.